The molecule has 4 aliphatic rings. The maximum absolute atomic E-state index is 14.1. The van der Waals surface area contributed by atoms with Crippen LogP contribution < -0.4 is 15.5 Å². The lowest BCUT2D eigenvalue weighted by atomic mass is 10.1. The molecule has 0 spiro atoms. The molecule has 13 heteroatoms. The zero-order chi connectivity index (χ0) is 29.0. The van der Waals surface area contributed by atoms with Crippen molar-refractivity contribution in [1.82, 2.24) is 20.2 Å². The van der Waals surface area contributed by atoms with E-state index >= 15 is 0 Å². The van der Waals surface area contributed by atoms with E-state index in [-0.39, 0.29) is 36.2 Å². The molecule has 1 atom stereocenters. The van der Waals surface area contributed by atoms with Crippen LogP contribution in [0.5, 0.6) is 0 Å². The predicted molar refractivity (Wildman–Crippen MR) is 158 cm³/mol. The molecule has 7 rings (SSSR count). The standard InChI is InChI=1S/C29H31F3N6O2S2/c30-29(31,32)21-13-34-28(36-25(21)23-12-24-26(42-23)27(40)38(9-10-41-24)18-3-4-18)35-22-6-5-19(11-20(22)16-1-2-16)37-8-7-33-17(14-37)15-39/h5-6,11-13,16-18,33,39H,1-4,7-10,14-15H2,(H,34,35,36)/t17-/m1/s1. The molecule has 2 aliphatic carbocycles. The van der Waals surface area contributed by atoms with Gasteiger partial charge in [0.15, 0.2) is 0 Å². The van der Waals surface area contributed by atoms with Gasteiger partial charge in [0.05, 0.1) is 17.2 Å². The zero-order valence-corrected chi connectivity index (χ0v) is 24.4. The number of aliphatic hydroxyl groups is 1. The van der Waals surface area contributed by atoms with Gasteiger partial charge in [-0.15, -0.1) is 23.1 Å². The molecule has 2 aromatic heterocycles. The summed E-state index contributed by atoms with van der Waals surface area (Å²) in [5.74, 6) is 1.06. The van der Waals surface area contributed by atoms with E-state index in [1.165, 1.54) is 11.8 Å². The molecule has 8 nitrogen and oxygen atoms in total. The highest BCUT2D eigenvalue weighted by molar-refractivity contribution is 7.99. The number of rotatable bonds is 7. The van der Waals surface area contributed by atoms with Gasteiger partial charge in [0.1, 0.15) is 10.4 Å². The second-order valence-corrected chi connectivity index (χ2v) is 13.5. The monoisotopic (exact) mass is 616 g/mol. The second kappa shape index (κ2) is 11.0. The number of carbonyl (C=O) groups is 1. The van der Waals surface area contributed by atoms with Crippen molar-refractivity contribution in [2.45, 2.75) is 54.8 Å². The minimum absolute atomic E-state index is 0.0117. The quantitative estimate of drug-likeness (QED) is 0.328. The van der Waals surface area contributed by atoms with Gasteiger partial charge in [-0.25, -0.2) is 9.97 Å². The van der Waals surface area contributed by atoms with Crippen molar-refractivity contribution in [3.63, 3.8) is 0 Å². The first-order chi connectivity index (χ1) is 20.3. The summed E-state index contributed by atoms with van der Waals surface area (Å²) in [6.07, 6.45) is 0.229. The third kappa shape index (κ3) is 5.59. The van der Waals surface area contributed by atoms with Crippen LogP contribution in [0.25, 0.3) is 10.6 Å². The maximum Gasteiger partial charge on any atom is 0.420 e. The van der Waals surface area contributed by atoms with Gasteiger partial charge in [0.25, 0.3) is 5.91 Å². The summed E-state index contributed by atoms with van der Waals surface area (Å²) in [5, 5.41) is 16.1. The smallest absolute Gasteiger partial charge is 0.395 e. The number of hydrogen-bond acceptors (Lipinski definition) is 9. The average Bonchev–Trinajstić information content (AvgIpc) is 3.92. The van der Waals surface area contributed by atoms with Crippen molar-refractivity contribution in [1.29, 1.82) is 0 Å². The van der Waals surface area contributed by atoms with Gasteiger partial charge < -0.3 is 25.5 Å². The molecule has 2 saturated carbocycles. The van der Waals surface area contributed by atoms with Crippen LogP contribution in [0.2, 0.25) is 0 Å². The van der Waals surface area contributed by atoms with Gasteiger partial charge in [-0.3, -0.25) is 4.79 Å². The van der Waals surface area contributed by atoms with Crippen LogP contribution in [0.1, 0.15) is 52.4 Å². The first-order valence-electron chi connectivity index (χ1n) is 14.3. The van der Waals surface area contributed by atoms with E-state index < -0.39 is 11.7 Å². The summed E-state index contributed by atoms with van der Waals surface area (Å²) in [4.78, 5) is 27.4. The van der Waals surface area contributed by atoms with E-state index in [0.29, 0.717) is 39.4 Å². The normalized spacial score (nSPS) is 21.3. The summed E-state index contributed by atoms with van der Waals surface area (Å²) < 4.78 is 42.4. The number of thioether (sulfide) groups is 1. The number of nitrogens with one attached hydrogen (secondary N) is 2. The summed E-state index contributed by atoms with van der Waals surface area (Å²) in [6.45, 7) is 3.02. The Balaban J connectivity index is 1.21. The number of benzene rings is 1. The largest absolute Gasteiger partial charge is 0.420 e. The molecule has 3 aromatic rings. The number of nitrogens with zero attached hydrogens (tertiary/aromatic N) is 4. The number of halogens is 3. The zero-order valence-electron chi connectivity index (χ0n) is 22.8. The fraction of sp³-hybridized carbons (Fsp3) is 0.483. The molecule has 0 radical (unpaired) electrons. The van der Waals surface area contributed by atoms with E-state index in [1.54, 1.807) is 6.07 Å². The van der Waals surface area contributed by atoms with Crippen molar-refractivity contribution >= 4 is 46.3 Å². The van der Waals surface area contributed by atoms with Crippen molar-refractivity contribution in [2.24, 2.45) is 0 Å². The van der Waals surface area contributed by atoms with Gasteiger partial charge in [-0.1, -0.05) is 0 Å². The Morgan fingerprint density at radius 2 is 1.98 bits per heavy atom. The highest BCUT2D eigenvalue weighted by Gasteiger charge is 2.39. The molecule has 1 saturated heterocycles. The SMILES string of the molecule is O=C1c2sc(-c3nc(Nc4ccc(N5CCN[C@@H](CO)C5)cc4C4CC4)ncc3C(F)(F)F)cc2SCCN1C1CC1. The molecule has 3 fully saturated rings. The first kappa shape index (κ1) is 27.9. The lowest BCUT2D eigenvalue weighted by Crippen LogP contribution is -2.52. The number of fused-ring (bicyclic) bond motifs is 1. The molecule has 1 aromatic carbocycles. The van der Waals surface area contributed by atoms with Crippen LogP contribution in [0.3, 0.4) is 0 Å². The number of alkyl halides is 3. The van der Waals surface area contributed by atoms with Crippen LogP contribution in [-0.2, 0) is 6.18 Å². The van der Waals surface area contributed by atoms with Crippen LogP contribution >= 0.6 is 23.1 Å². The van der Waals surface area contributed by atoms with Crippen LogP contribution in [0.4, 0.5) is 30.5 Å². The molecular formula is C29H31F3N6O2S2. The predicted octanol–water partition coefficient (Wildman–Crippen LogP) is 5.33. The van der Waals surface area contributed by atoms with Crippen molar-refractivity contribution in [3.05, 3.63) is 46.5 Å². The number of carbonyl (C=O) groups excluding carboxylic acids is 1. The highest BCUT2D eigenvalue weighted by atomic mass is 32.2. The molecule has 4 heterocycles. The summed E-state index contributed by atoms with van der Waals surface area (Å²) in [6, 6.07) is 7.99. The topological polar surface area (TPSA) is 93.6 Å². The Hall–Kier alpha value is -2.87. The van der Waals surface area contributed by atoms with Gasteiger partial charge >= 0.3 is 6.18 Å². The van der Waals surface area contributed by atoms with Crippen molar-refractivity contribution in [2.75, 3.05) is 48.8 Å². The van der Waals surface area contributed by atoms with Crippen LogP contribution in [0, 0.1) is 0 Å². The molecule has 1 amide bonds. The van der Waals surface area contributed by atoms with E-state index in [0.717, 1.165) is 73.2 Å². The Bertz CT molecular complexity index is 1510. The van der Waals surface area contributed by atoms with Crippen LogP contribution in [0.15, 0.2) is 35.4 Å². The number of aliphatic hydroxyl groups excluding tert-OH is 1. The Kier molecular flexibility index (Phi) is 7.32. The average molecular weight is 617 g/mol. The second-order valence-electron chi connectivity index (χ2n) is 11.3. The minimum atomic E-state index is -4.65. The lowest BCUT2D eigenvalue weighted by Gasteiger charge is -2.35. The van der Waals surface area contributed by atoms with Crippen LogP contribution in [-0.4, -0.2) is 76.5 Å². The molecule has 222 valence electrons. The number of aromatic nitrogens is 2. The van der Waals surface area contributed by atoms with Gasteiger partial charge in [-0.2, -0.15) is 13.2 Å². The summed E-state index contributed by atoms with van der Waals surface area (Å²) >= 11 is 2.59. The van der Waals surface area contributed by atoms with E-state index in [1.807, 2.05) is 17.0 Å². The highest BCUT2D eigenvalue weighted by Crippen LogP contribution is 2.47. The molecule has 42 heavy (non-hydrogen) atoms. The first-order valence-corrected chi connectivity index (χ1v) is 16.1. The van der Waals surface area contributed by atoms with Crippen molar-refractivity contribution < 1.29 is 23.1 Å². The molecular weight excluding hydrogens is 585 g/mol. The van der Waals surface area contributed by atoms with E-state index in [2.05, 4.69) is 31.6 Å². The molecule has 3 N–H and O–H groups in total. The number of thiophene rings is 1. The van der Waals surface area contributed by atoms with Gasteiger partial charge in [0.2, 0.25) is 5.95 Å². The Labute approximate surface area is 249 Å². The minimum Gasteiger partial charge on any atom is -0.395 e. The Morgan fingerprint density at radius 3 is 2.71 bits per heavy atom. The summed E-state index contributed by atoms with van der Waals surface area (Å²) in [5.41, 5.74) is 1.77. The number of piperazine rings is 1. The third-order valence-corrected chi connectivity index (χ3v) is 10.5. The number of anilines is 3. The van der Waals surface area contributed by atoms with E-state index in [9.17, 15) is 23.1 Å². The fourth-order valence-electron chi connectivity index (χ4n) is 5.70. The lowest BCUT2D eigenvalue weighted by molar-refractivity contribution is -0.137. The van der Waals surface area contributed by atoms with Gasteiger partial charge in [0, 0.05) is 66.5 Å². The Morgan fingerprint density at radius 1 is 1.14 bits per heavy atom. The fourth-order valence-corrected chi connectivity index (χ4v) is 8.02. The molecule has 0 bridgehead atoms. The van der Waals surface area contributed by atoms with E-state index in [4.69, 9.17) is 0 Å². The summed E-state index contributed by atoms with van der Waals surface area (Å²) in [7, 11) is 0. The number of amides is 1. The van der Waals surface area contributed by atoms with Gasteiger partial charge in [-0.05, 0) is 61.4 Å². The number of hydrogen-bond donors (Lipinski definition) is 3. The molecule has 0 unspecified atom stereocenters. The van der Waals surface area contributed by atoms with Crippen molar-refractivity contribution in [3.8, 4) is 10.6 Å². The maximum atomic E-state index is 14.1. The third-order valence-electron chi connectivity index (χ3n) is 8.20. The molecule has 2 aliphatic heterocycles.